The Kier molecular flexibility index (Phi) is 6.20. The van der Waals surface area contributed by atoms with Crippen LogP contribution in [0.5, 0.6) is 0 Å². The monoisotopic (exact) mass is 282 g/mol. The SMILES string of the molecule is CCOP(=O)(Cc1cccc([C@@H](N)C#N)c1)OCC. The van der Waals surface area contributed by atoms with Crippen molar-refractivity contribution in [3.63, 3.8) is 0 Å². The van der Waals surface area contributed by atoms with E-state index in [1.165, 1.54) is 0 Å². The number of nitrogens with zero attached hydrogens (tertiary/aromatic N) is 1. The fourth-order valence-corrected chi connectivity index (χ4v) is 3.39. The molecule has 1 rings (SSSR count). The third-order valence-corrected chi connectivity index (χ3v) is 4.53. The Morgan fingerprint density at radius 3 is 2.53 bits per heavy atom. The smallest absolute Gasteiger partial charge is 0.312 e. The lowest BCUT2D eigenvalue weighted by atomic mass is 10.1. The molecule has 2 N–H and O–H groups in total. The summed E-state index contributed by atoms with van der Waals surface area (Å²) in [5, 5.41) is 8.80. The van der Waals surface area contributed by atoms with Crippen LogP contribution in [-0.2, 0) is 19.8 Å². The van der Waals surface area contributed by atoms with Gasteiger partial charge in [0.25, 0.3) is 0 Å². The van der Waals surface area contributed by atoms with Crippen molar-refractivity contribution in [3.05, 3.63) is 35.4 Å². The lowest BCUT2D eigenvalue weighted by Crippen LogP contribution is -2.07. The molecule has 1 aromatic rings. The van der Waals surface area contributed by atoms with Crippen LogP contribution in [0, 0.1) is 11.3 Å². The number of rotatable bonds is 7. The summed E-state index contributed by atoms with van der Waals surface area (Å²) in [6.45, 7) is 4.20. The first-order valence-electron chi connectivity index (χ1n) is 6.16. The quantitative estimate of drug-likeness (QED) is 0.777. The van der Waals surface area contributed by atoms with Crippen molar-refractivity contribution in [3.8, 4) is 6.07 Å². The Bertz CT molecular complexity index is 489. The molecule has 0 aromatic heterocycles. The van der Waals surface area contributed by atoms with Crippen LogP contribution in [0.4, 0.5) is 0 Å². The van der Waals surface area contributed by atoms with Gasteiger partial charge in [0.1, 0.15) is 6.04 Å². The van der Waals surface area contributed by atoms with Gasteiger partial charge in [0.15, 0.2) is 0 Å². The third kappa shape index (κ3) is 4.77. The second kappa shape index (κ2) is 7.42. The van der Waals surface area contributed by atoms with Gasteiger partial charge < -0.3 is 14.8 Å². The Labute approximate surface area is 113 Å². The molecule has 0 saturated carbocycles. The summed E-state index contributed by atoms with van der Waals surface area (Å²) in [7, 11) is -3.12. The van der Waals surface area contributed by atoms with Gasteiger partial charge in [-0.2, -0.15) is 5.26 Å². The van der Waals surface area contributed by atoms with E-state index in [9.17, 15) is 4.57 Å². The van der Waals surface area contributed by atoms with E-state index in [2.05, 4.69) is 0 Å². The maximum Gasteiger partial charge on any atom is 0.335 e. The second-order valence-corrected chi connectivity index (χ2v) is 6.01. The van der Waals surface area contributed by atoms with Crippen LogP contribution in [0.25, 0.3) is 0 Å². The van der Waals surface area contributed by atoms with E-state index in [1.807, 2.05) is 12.1 Å². The van der Waals surface area contributed by atoms with Crippen LogP contribution >= 0.6 is 7.60 Å². The highest BCUT2D eigenvalue weighted by Crippen LogP contribution is 2.51. The van der Waals surface area contributed by atoms with Crippen molar-refractivity contribution in [2.45, 2.75) is 26.1 Å². The molecule has 6 heteroatoms. The van der Waals surface area contributed by atoms with Crippen molar-refractivity contribution in [2.75, 3.05) is 13.2 Å². The van der Waals surface area contributed by atoms with E-state index in [0.29, 0.717) is 18.8 Å². The van der Waals surface area contributed by atoms with Crippen LogP contribution in [0.2, 0.25) is 0 Å². The summed E-state index contributed by atoms with van der Waals surface area (Å²) in [6.07, 6.45) is 0.181. The summed E-state index contributed by atoms with van der Waals surface area (Å²) >= 11 is 0. The summed E-state index contributed by atoms with van der Waals surface area (Å²) in [4.78, 5) is 0. The predicted octanol–water partition coefficient (Wildman–Crippen LogP) is 2.98. The summed E-state index contributed by atoms with van der Waals surface area (Å²) in [5.41, 5.74) is 7.13. The van der Waals surface area contributed by atoms with Crippen LogP contribution < -0.4 is 5.73 Å². The number of nitrogens with two attached hydrogens (primary N) is 1. The molecule has 104 valence electrons. The van der Waals surface area contributed by atoms with Gasteiger partial charge in [0, 0.05) is 0 Å². The van der Waals surface area contributed by atoms with E-state index in [0.717, 1.165) is 5.56 Å². The third-order valence-electron chi connectivity index (χ3n) is 2.48. The van der Waals surface area contributed by atoms with Gasteiger partial charge in [-0.25, -0.2) is 0 Å². The molecule has 0 aliphatic rings. The van der Waals surface area contributed by atoms with E-state index >= 15 is 0 Å². The summed E-state index contributed by atoms with van der Waals surface area (Å²) in [6, 6.07) is 8.42. The molecule has 0 unspecified atom stereocenters. The minimum Gasteiger partial charge on any atom is -0.312 e. The highest BCUT2D eigenvalue weighted by molar-refractivity contribution is 7.53. The molecule has 0 saturated heterocycles. The maximum atomic E-state index is 12.4. The zero-order valence-corrected chi connectivity index (χ0v) is 12.1. The van der Waals surface area contributed by atoms with Gasteiger partial charge in [0.2, 0.25) is 0 Å². The van der Waals surface area contributed by atoms with Crippen LogP contribution in [0.3, 0.4) is 0 Å². The first kappa shape index (κ1) is 15.9. The average Bonchev–Trinajstić information content (AvgIpc) is 2.38. The van der Waals surface area contributed by atoms with Crippen molar-refractivity contribution in [1.29, 1.82) is 5.26 Å². The first-order chi connectivity index (χ1) is 9.04. The molecule has 0 amide bonds. The van der Waals surface area contributed by atoms with Gasteiger partial charge >= 0.3 is 7.60 Å². The van der Waals surface area contributed by atoms with Gasteiger partial charge in [-0.3, -0.25) is 4.57 Å². The highest BCUT2D eigenvalue weighted by Gasteiger charge is 2.24. The fourth-order valence-electron chi connectivity index (χ4n) is 1.71. The molecule has 0 fully saturated rings. The molecular formula is C13H19N2O3P. The molecule has 0 bridgehead atoms. The molecule has 0 aliphatic carbocycles. The van der Waals surface area contributed by atoms with Crippen LogP contribution in [0.15, 0.2) is 24.3 Å². The molecule has 19 heavy (non-hydrogen) atoms. The lowest BCUT2D eigenvalue weighted by molar-refractivity contribution is 0.219. The normalized spacial score (nSPS) is 12.9. The topological polar surface area (TPSA) is 85.3 Å². The number of hydrogen-bond acceptors (Lipinski definition) is 5. The van der Waals surface area contributed by atoms with Crippen LogP contribution in [-0.4, -0.2) is 13.2 Å². The molecule has 0 aliphatic heterocycles. The Balaban J connectivity index is 2.91. The van der Waals surface area contributed by atoms with E-state index in [4.69, 9.17) is 20.0 Å². The average molecular weight is 282 g/mol. The molecule has 0 spiro atoms. The minimum atomic E-state index is -3.12. The summed E-state index contributed by atoms with van der Waals surface area (Å²) in [5.74, 6) is 0. The van der Waals surface area contributed by atoms with Crippen molar-refractivity contribution >= 4 is 7.60 Å². The lowest BCUT2D eigenvalue weighted by Gasteiger charge is -2.17. The highest BCUT2D eigenvalue weighted by atomic mass is 31.2. The van der Waals surface area contributed by atoms with Gasteiger partial charge in [-0.1, -0.05) is 24.3 Å². The maximum absolute atomic E-state index is 12.4. The molecule has 5 nitrogen and oxygen atoms in total. The van der Waals surface area contributed by atoms with E-state index < -0.39 is 13.6 Å². The number of nitriles is 1. The zero-order chi connectivity index (χ0) is 14.3. The number of benzene rings is 1. The van der Waals surface area contributed by atoms with Crippen LogP contribution in [0.1, 0.15) is 31.0 Å². The predicted molar refractivity (Wildman–Crippen MR) is 73.5 cm³/mol. The molecule has 1 aromatic carbocycles. The van der Waals surface area contributed by atoms with Crippen molar-refractivity contribution < 1.29 is 13.6 Å². The van der Waals surface area contributed by atoms with E-state index in [1.54, 1.807) is 32.0 Å². The van der Waals surface area contributed by atoms with Gasteiger partial charge in [-0.15, -0.1) is 0 Å². The minimum absolute atomic E-state index is 0.181. The molecular weight excluding hydrogens is 263 g/mol. The molecule has 1 atom stereocenters. The zero-order valence-electron chi connectivity index (χ0n) is 11.2. The van der Waals surface area contributed by atoms with E-state index in [-0.39, 0.29) is 6.16 Å². The molecule has 0 heterocycles. The Hall–Kier alpha value is -1.18. The fraction of sp³-hybridized carbons (Fsp3) is 0.462. The summed E-state index contributed by atoms with van der Waals surface area (Å²) < 4.78 is 22.9. The second-order valence-electron chi connectivity index (χ2n) is 3.96. The van der Waals surface area contributed by atoms with Gasteiger partial charge in [0.05, 0.1) is 25.4 Å². The van der Waals surface area contributed by atoms with Gasteiger partial charge in [-0.05, 0) is 25.0 Å². The number of hydrogen-bond donors (Lipinski definition) is 1. The first-order valence-corrected chi connectivity index (χ1v) is 7.89. The Morgan fingerprint density at radius 1 is 1.37 bits per heavy atom. The van der Waals surface area contributed by atoms with Crippen molar-refractivity contribution in [2.24, 2.45) is 5.73 Å². The standard InChI is InChI=1S/C13H19N2O3P/c1-3-17-19(16,18-4-2)10-11-6-5-7-12(8-11)13(15)9-14/h5-8,13H,3-4,10,15H2,1-2H3/t13-/m0/s1. The van der Waals surface area contributed by atoms with Crippen molar-refractivity contribution in [1.82, 2.24) is 0 Å². The Morgan fingerprint density at radius 2 is 2.00 bits per heavy atom. The largest absolute Gasteiger partial charge is 0.335 e. The molecule has 0 radical (unpaired) electrons.